The van der Waals surface area contributed by atoms with E-state index in [1.807, 2.05) is 30.3 Å². The van der Waals surface area contributed by atoms with Crippen LogP contribution in [0.15, 0.2) is 54.9 Å². The summed E-state index contributed by atoms with van der Waals surface area (Å²) in [5, 5.41) is 12.9. The second-order valence-corrected chi connectivity index (χ2v) is 6.16. The minimum atomic E-state index is -1.31. The molecule has 1 heterocycles. The number of rotatable bonds is 7. The molecule has 2 atom stereocenters. The maximum atomic E-state index is 13.7. The van der Waals surface area contributed by atoms with E-state index in [1.54, 1.807) is 0 Å². The number of anilines is 1. The highest BCUT2D eigenvalue weighted by Crippen LogP contribution is 2.19. The Hall–Kier alpha value is -3.69. The number of carbonyl (C=O) groups is 2. The first-order chi connectivity index (χ1) is 14.0. The highest BCUT2D eigenvalue weighted by molar-refractivity contribution is 5.95. The molecule has 0 fully saturated rings. The van der Waals surface area contributed by atoms with Crippen LogP contribution < -0.4 is 5.32 Å². The van der Waals surface area contributed by atoms with Gasteiger partial charge in [-0.1, -0.05) is 36.4 Å². The molecule has 0 radical (unpaired) electrons. The summed E-state index contributed by atoms with van der Waals surface area (Å²) in [5.74, 6) is -3.52. The molecular weight excluding hydrogens is 384 g/mol. The van der Waals surface area contributed by atoms with Crippen molar-refractivity contribution in [2.75, 3.05) is 5.32 Å². The van der Waals surface area contributed by atoms with Crippen LogP contribution in [-0.4, -0.2) is 38.2 Å². The lowest BCUT2D eigenvalue weighted by molar-refractivity contribution is -0.156. The summed E-state index contributed by atoms with van der Waals surface area (Å²) in [5.41, 5.74) is 0.220. The van der Waals surface area contributed by atoms with Crippen molar-refractivity contribution < 1.29 is 23.1 Å². The Bertz CT molecular complexity index is 963. The summed E-state index contributed by atoms with van der Waals surface area (Å²) < 4.78 is 33.8. The number of amides is 1. The van der Waals surface area contributed by atoms with E-state index in [0.29, 0.717) is 0 Å². The summed E-state index contributed by atoms with van der Waals surface area (Å²) in [4.78, 5) is 24.9. The molecule has 1 amide bonds. The minimum Gasteiger partial charge on any atom is -0.451 e. The Kier molecular flexibility index (Phi) is 6.22. The molecule has 0 aliphatic heterocycles. The Morgan fingerprint density at radius 1 is 1.10 bits per heavy atom. The van der Waals surface area contributed by atoms with Gasteiger partial charge in [-0.3, -0.25) is 4.79 Å². The zero-order valence-corrected chi connectivity index (χ0v) is 15.3. The van der Waals surface area contributed by atoms with E-state index in [4.69, 9.17) is 4.74 Å². The lowest BCUT2D eigenvalue weighted by Gasteiger charge is -2.19. The Balaban J connectivity index is 1.70. The smallest absolute Gasteiger partial charge is 0.332 e. The van der Waals surface area contributed by atoms with Gasteiger partial charge in [-0.15, -0.1) is 5.10 Å². The van der Waals surface area contributed by atoms with Crippen LogP contribution in [-0.2, 0) is 20.7 Å². The predicted octanol–water partition coefficient (Wildman–Crippen LogP) is 2.31. The van der Waals surface area contributed by atoms with Gasteiger partial charge in [-0.25, -0.2) is 18.3 Å². The molecule has 1 N–H and O–H groups in total. The van der Waals surface area contributed by atoms with Gasteiger partial charge in [-0.2, -0.15) is 0 Å². The number of ether oxygens (including phenoxy) is 1. The number of halogens is 2. The van der Waals surface area contributed by atoms with Gasteiger partial charge in [0.2, 0.25) is 0 Å². The van der Waals surface area contributed by atoms with Crippen molar-refractivity contribution in [3.8, 4) is 0 Å². The summed E-state index contributed by atoms with van der Waals surface area (Å²) in [6.07, 6.45) is 0.172. The molecular formula is C19H17F2N5O3. The van der Waals surface area contributed by atoms with Crippen LogP contribution in [0, 0.1) is 11.6 Å². The number of tetrazole rings is 1. The molecule has 8 nitrogen and oxygen atoms in total. The largest absolute Gasteiger partial charge is 0.451 e. The third-order valence-corrected chi connectivity index (χ3v) is 4.10. The van der Waals surface area contributed by atoms with Crippen molar-refractivity contribution in [2.45, 2.75) is 25.5 Å². The summed E-state index contributed by atoms with van der Waals surface area (Å²) in [6.45, 7) is 1.30. The highest BCUT2D eigenvalue weighted by Gasteiger charge is 2.28. The van der Waals surface area contributed by atoms with Crippen LogP contribution in [0.25, 0.3) is 0 Å². The van der Waals surface area contributed by atoms with Crippen molar-refractivity contribution >= 4 is 17.6 Å². The van der Waals surface area contributed by atoms with Gasteiger partial charge in [0.25, 0.3) is 5.91 Å². The second-order valence-electron chi connectivity index (χ2n) is 6.16. The van der Waals surface area contributed by atoms with Crippen molar-refractivity contribution in [3.63, 3.8) is 0 Å². The van der Waals surface area contributed by atoms with Crippen LogP contribution in [0.4, 0.5) is 14.5 Å². The predicted molar refractivity (Wildman–Crippen MR) is 97.5 cm³/mol. The SMILES string of the molecule is C[C@H](OC(=O)[C@H](Cc1ccccc1)n1cnnn1)C(=O)Nc1c(F)cccc1F. The standard InChI is InChI=1S/C19H17F2N5O3/c1-12(18(27)23-17-14(20)8-5-9-15(17)21)29-19(28)16(26-11-22-24-25-26)10-13-6-3-2-4-7-13/h2-9,11-12,16H,10H2,1H3,(H,23,27)/t12-,16-/m0/s1. The first kappa shape index (κ1) is 20.1. The topological polar surface area (TPSA) is 99.0 Å². The van der Waals surface area contributed by atoms with E-state index in [0.717, 1.165) is 17.7 Å². The molecule has 10 heteroatoms. The number of para-hydroxylation sites is 1. The Morgan fingerprint density at radius 3 is 2.41 bits per heavy atom. The van der Waals surface area contributed by atoms with E-state index in [9.17, 15) is 18.4 Å². The first-order valence-electron chi connectivity index (χ1n) is 8.67. The molecule has 0 spiro atoms. The molecule has 0 saturated carbocycles. The fourth-order valence-corrected chi connectivity index (χ4v) is 2.58. The van der Waals surface area contributed by atoms with Gasteiger partial charge in [0.1, 0.15) is 23.6 Å². The minimum absolute atomic E-state index is 0.223. The molecule has 0 unspecified atom stereocenters. The zero-order chi connectivity index (χ0) is 20.8. The van der Waals surface area contributed by atoms with Crippen molar-refractivity contribution in [2.24, 2.45) is 0 Å². The maximum absolute atomic E-state index is 13.7. The van der Waals surface area contributed by atoms with Crippen LogP contribution in [0.5, 0.6) is 0 Å². The van der Waals surface area contributed by atoms with E-state index in [1.165, 1.54) is 24.0 Å². The summed E-state index contributed by atoms with van der Waals surface area (Å²) in [7, 11) is 0. The van der Waals surface area contributed by atoms with Gasteiger partial charge in [0.15, 0.2) is 12.1 Å². The van der Waals surface area contributed by atoms with E-state index in [-0.39, 0.29) is 6.42 Å². The van der Waals surface area contributed by atoms with Crippen LogP contribution in [0.1, 0.15) is 18.5 Å². The zero-order valence-electron chi connectivity index (χ0n) is 15.3. The fourth-order valence-electron chi connectivity index (χ4n) is 2.58. The normalized spacial score (nSPS) is 12.8. The summed E-state index contributed by atoms with van der Waals surface area (Å²) in [6, 6.07) is 11.4. The third kappa shape index (κ3) is 4.98. The van der Waals surface area contributed by atoms with Gasteiger partial charge in [-0.05, 0) is 35.0 Å². The number of hydrogen-bond acceptors (Lipinski definition) is 6. The number of esters is 1. The molecule has 3 rings (SSSR count). The van der Waals surface area contributed by atoms with Gasteiger partial charge < -0.3 is 10.1 Å². The molecule has 3 aromatic rings. The molecule has 0 aliphatic carbocycles. The third-order valence-electron chi connectivity index (χ3n) is 4.10. The Morgan fingerprint density at radius 2 is 1.79 bits per heavy atom. The number of hydrogen-bond donors (Lipinski definition) is 1. The van der Waals surface area contributed by atoms with Gasteiger partial charge >= 0.3 is 5.97 Å². The monoisotopic (exact) mass is 401 g/mol. The van der Waals surface area contributed by atoms with Crippen LogP contribution >= 0.6 is 0 Å². The molecule has 2 aromatic carbocycles. The van der Waals surface area contributed by atoms with Crippen LogP contribution in [0.2, 0.25) is 0 Å². The lowest BCUT2D eigenvalue weighted by atomic mass is 10.1. The van der Waals surface area contributed by atoms with Crippen molar-refractivity contribution in [1.29, 1.82) is 0 Å². The molecule has 0 aliphatic rings. The number of nitrogens with one attached hydrogen (secondary N) is 1. The van der Waals surface area contributed by atoms with Crippen molar-refractivity contribution in [3.05, 3.63) is 72.1 Å². The first-order valence-corrected chi connectivity index (χ1v) is 8.67. The molecule has 29 heavy (non-hydrogen) atoms. The number of carbonyl (C=O) groups excluding carboxylic acids is 2. The van der Waals surface area contributed by atoms with Gasteiger partial charge in [0, 0.05) is 6.42 Å². The highest BCUT2D eigenvalue weighted by atomic mass is 19.1. The van der Waals surface area contributed by atoms with Gasteiger partial charge in [0.05, 0.1) is 0 Å². The molecule has 1 aromatic heterocycles. The molecule has 0 bridgehead atoms. The van der Waals surface area contributed by atoms with Crippen LogP contribution in [0.3, 0.4) is 0 Å². The number of benzene rings is 2. The van der Waals surface area contributed by atoms with E-state index >= 15 is 0 Å². The fraction of sp³-hybridized carbons (Fsp3) is 0.211. The molecule has 150 valence electrons. The number of nitrogens with zero attached hydrogens (tertiary/aromatic N) is 4. The average molecular weight is 401 g/mol. The molecule has 0 saturated heterocycles. The van der Waals surface area contributed by atoms with Crippen molar-refractivity contribution in [1.82, 2.24) is 20.2 Å². The summed E-state index contributed by atoms with van der Waals surface area (Å²) >= 11 is 0. The van der Waals surface area contributed by atoms with E-state index in [2.05, 4.69) is 20.8 Å². The number of aromatic nitrogens is 4. The average Bonchev–Trinajstić information content (AvgIpc) is 3.24. The quantitative estimate of drug-likeness (QED) is 0.610. The Labute approximate surface area is 164 Å². The maximum Gasteiger partial charge on any atom is 0.332 e. The second kappa shape index (κ2) is 9.00. The van der Waals surface area contributed by atoms with E-state index < -0.39 is 41.3 Å². The lowest BCUT2D eigenvalue weighted by Crippen LogP contribution is -2.34.